The lowest BCUT2D eigenvalue weighted by atomic mass is 9.96. The summed E-state index contributed by atoms with van der Waals surface area (Å²) >= 11 is 0. The molecule has 0 aromatic rings. The first-order valence-corrected chi connectivity index (χ1v) is 5.81. The molecule has 0 aromatic carbocycles. The average molecular weight is 212 g/mol. The highest BCUT2D eigenvalue weighted by Gasteiger charge is 2.33. The maximum atomic E-state index is 12.0. The summed E-state index contributed by atoms with van der Waals surface area (Å²) in [5.74, 6) is 0.773. The molecule has 2 fully saturated rings. The van der Waals surface area contributed by atoms with Crippen molar-refractivity contribution in [2.24, 2.45) is 11.8 Å². The molecular formula is C11H20N2O2. The molecule has 2 aliphatic rings. The smallest absolute Gasteiger partial charge is 0.225 e. The Morgan fingerprint density at radius 3 is 2.73 bits per heavy atom. The Morgan fingerprint density at radius 1 is 1.40 bits per heavy atom. The van der Waals surface area contributed by atoms with Crippen LogP contribution in [0.4, 0.5) is 0 Å². The summed E-state index contributed by atoms with van der Waals surface area (Å²) in [7, 11) is 0. The Balaban J connectivity index is 1.86. The van der Waals surface area contributed by atoms with Gasteiger partial charge in [-0.05, 0) is 25.8 Å². The van der Waals surface area contributed by atoms with E-state index in [2.05, 4.69) is 17.6 Å². The zero-order valence-corrected chi connectivity index (χ0v) is 9.45. The number of carbonyl (C=O) groups excluding carboxylic acids is 1. The van der Waals surface area contributed by atoms with Gasteiger partial charge in [0.2, 0.25) is 5.91 Å². The molecule has 0 spiro atoms. The van der Waals surface area contributed by atoms with Crippen LogP contribution in [-0.2, 0) is 9.53 Å². The molecule has 2 unspecified atom stereocenters. The molecule has 15 heavy (non-hydrogen) atoms. The van der Waals surface area contributed by atoms with Crippen LogP contribution in [0.1, 0.15) is 20.3 Å². The summed E-state index contributed by atoms with van der Waals surface area (Å²) in [4.78, 5) is 12.0. The van der Waals surface area contributed by atoms with Crippen LogP contribution in [0.2, 0.25) is 0 Å². The maximum Gasteiger partial charge on any atom is 0.225 e. The molecule has 2 rings (SSSR count). The van der Waals surface area contributed by atoms with E-state index in [1.54, 1.807) is 0 Å². The fraction of sp³-hybridized carbons (Fsp3) is 0.909. The topological polar surface area (TPSA) is 50.4 Å². The van der Waals surface area contributed by atoms with Gasteiger partial charge in [-0.1, -0.05) is 6.92 Å². The standard InChI is InChI=1S/C11H20N2O2/c1-7-5-12-6-9(7)11(14)13-10-3-4-15-8(10)2/h7-10,12H,3-6H2,1-2H3,(H,13,14)/t7-,8?,9-,10?/m1/s1. The van der Waals surface area contributed by atoms with Crippen molar-refractivity contribution in [2.45, 2.75) is 32.4 Å². The van der Waals surface area contributed by atoms with Crippen LogP contribution in [-0.4, -0.2) is 37.7 Å². The van der Waals surface area contributed by atoms with Crippen molar-refractivity contribution < 1.29 is 9.53 Å². The zero-order chi connectivity index (χ0) is 10.8. The number of nitrogens with one attached hydrogen (secondary N) is 2. The molecule has 0 aromatic heterocycles. The second kappa shape index (κ2) is 4.49. The van der Waals surface area contributed by atoms with Crippen LogP contribution in [0.3, 0.4) is 0 Å². The molecular weight excluding hydrogens is 192 g/mol. The number of rotatable bonds is 2. The molecule has 0 bridgehead atoms. The summed E-state index contributed by atoms with van der Waals surface area (Å²) in [5, 5.41) is 6.34. The summed E-state index contributed by atoms with van der Waals surface area (Å²) in [6, 6.07) is 0.213. The highest BCUT2D eigenvalue weighted by Crippen LogP contribution is 2.18. The average Bonchev–Trinajstić information content (AvgIpc) is 2.76. The van der Waals surface area contributed by atoms with E-state index in [9.17, 15) is 4.79 Å². The minimum absolute atomic E-state index is 0.137. The van der Waals surface area contributed by atoms with Gasteiger partial charge in [0.15, 0.2) is 0 Å². The summed E-state index contributed by atoms with van der Waals surface area (Å²) < 4.78 is 5.43. The van der Waals surface area contributed by atoms with Gasteiger partial charge in [0.1, 0.15) is 0 Å². The fourth-order valence-electron chi connectivity index (χ4n) is 2.37. The predicted molar refractivity (Wildman–Crippen MR) is 57.5 cm³/mol. The van der Waals surface area contributed by atoms with Gasteiger partial charge in [-0.2, -0.15) is 0 Å². The lowest BCUT2D eigenvalue weighted by molar-refractivity contribution is -0.126. The Bertz CT molecular complexity index is 245. The number of hydrogen-bond donors (Lipinski definition) is 2. The van der Waals surface area contributed by atoms with Gasteiger partial charge in [-0.15, -0.1) is 0 Å². The SMILES string of the molecule is CC1OCCC1NC(=O)[C@@H]1CNC[C@H]1C. The van der Waals surface area contributed by atoms with E-state index in [0.29, 0.717) is 5.92 Å². The third-order valence-electron chi connectivity index (χ3n) is 3.56. The molecule has 4 atom stereocenters. The van der Waals surface area contributed by atoms with Crippen molar-refractivity contribution in [3.63, 3.8) is 0 Å². The van der Waals surface area contributed by atoms with Gasteiger partial charge in [0.05, 0.1) is 18.1 Å². The van der Waals surface area contributed by atoms with E-state index in [4.69, 9.17) is 4.74 Å². The Morgan fingerprint density at radius 2 is 2.20 bits per heavy atom. The van der Waals surface area contributed by atoms with Crippen LogP contribution >= 0.6 is 0 Å². The van der Waals surface area contributed by atoms with E-state index in [0.717, 1.165) is 26.1 Å². The Hall–Kier alpha value is -0.610. The van der Waals surface area contributed by atoms with E-state index in [-0.39, 0.29) is 24.0 Å². The number of amides is 1. The van der Waals surface area contributed by atoms with Crippen LogP contribution < -0.4 is 10.6 Å². The van der Waals surface area contributed by atoms with E-state index in [1.807, 2.05) is 6.92 Å². The summed E-state index contributed by atoms with van der Waals surface area (Å²) in [5.41, 5.74) is 0. The molecule has 0 saturated carbocycles. The zero-order valence-electron chi connectivity index (χ0n) is 9.45. The second-order valence-corrected chi connectivity index (χ2v) is 4.72. The highest BCUT2D eigenvalue weighted by atomic mass is 16.5. The Labute approximate surface area is 90.8 Å². The molecule has 2 heterocycles. The van der Waals surface area contributed by atoms with Crippen molar-refractivity contribution in [1.82, 2.24) is 10.6 Å². The molecule has 1 amide bonds. The number of ether oxygens (including phenoxy) is 1. The van der Waals surface area contributed by atoms with Crippen molar-refractivity contribution in [3.05, 3.63) is 0 Å². The first kappa shape index (κ1) is 10.9. The molecule has 0 radical (unpaired) electrons. The molecule has 2 saturated heterocycles. The predicted octanol–water partition coefficient (Wildman–Crippen LogP) is 0.136. The van der Waals surface area contributed by atoms with Crippen molar-refractivity contribution in [2.75, 3.05) is 19.7 Å². The second-order valence-electron chi connectivity index (χ2n) is 4.72. The summed E-state index contributed by atoms with van der Waals surface area (Å²) in [6.07, 6.45) is 1.11. The number of carbonyl (C=O) groups is 1. The van der Waals surface area contributed by atoms with Gasteiger partial charge >= 0.3 is 0 Å². The Kier molecular flexibility index (Phi) is 3.26. The highest BCUT2D eigenvalue weighted by molar-refractivity contribution is 5.80. The van der Waals surface area contributed by atoms with Gasteiger partial charge < -0.3 is 15.4 Å². The van der Waals surface area contributed by atoms with E-state index in [1.165, 1.54) is 0 Å². The van der Waals surface area contributed by atoms with Crippen LogP contribution in [0.15, 0.2) is 0 Å². The normalized spacial score (nSPS) is 40.7. The van der Waals surface area contributed by atoms with Crippen LogP contribution in [0.5, 0.6) is 0 Å². The van der Waals surface area contributed by atoms with Gasteiger partial charge in [0, 0.05) is 13.2 Å². The minimum Gasteiger partial charge on any atom is -0.376 e. The van der Waals surface area contributed by atoms with E-state index >= 15 is 0 Å². The lowest BCUT2D eigenvalue weighted by Crippen LogP contribution is -2.44. The number of hydrogen-bond acceptors (Lipinski definition) is 3. The third-order valence-corrected chi connectivity index (χ3v) is 3.56. The molecule has 4 nitrogen and oxygen atoms in total. The van der Waals surface area contributed by atoms with Gasteiger partial charge in [-0.3, -0.25) is 4.79 Å². The fourth-order valence-corrected chi connectivity index (χ4v) is 2.37. The lowest BCUT2D eigenvalue weighted by Gasteiger charge is -2.20. The largest absolute Gasteiger partial charge is 0.376 e. The van der Waals surface area contributed by atoms with Crippen molar-refractivity contribution in [3.8, 4) is 0 Å². The first-order valence-electron chi connectivity index (χ1n) is 5.81. The van der Waals surface area contributed by atoms with E-state index < -0.39 is 0 Å². The third kappa shape index (κ3) is 2.32. The van der Waals surface area contributed by atoms with Crippen molar-refractivity contribution in [1.29, 1.82) is 0 Å². The monoisotopic (exact) mass is 212 g/mol. The molecule has 2 aliphatic heterocycles. The van der Waals surface area contributed by atoms with Crippen molar-refractivity contribution >= 4 is 5.91 Å². The molecule has 0 aliphatic carbocycles. The van der Waals surface area contributed by atoms with Crippen LogP contribution in [0, 0.1) is 11.8 Å². The first-order chi connectivity index (χ1) is 7.18. The van der Waals surface area contributed by atoms with Gasteiger partial charge in [-0.25, -0.2) is 0 Å². The molecule has 4 heteroatoms. The maximum absolute atomic E-state index is 12.0. The molecule has 86 valence electrons. The van der Waals surface area contributed by atoms with Gasteiger partial charge in [0.25, 0.3) is 0 Å². The quantitative estimate of drug-likeness (QED) is 0.684. The summed E-state index contributed by atoms with van der Waals surface area (Å²) in [6.45, 7) is 6.68. The van der Waals surface area contributed by atoms with Crippen LogP contribution in [0.25, 0.3) is 0 Å². The molecule has 2 N–H and O–H groups in total. The minimum atomic E-state index is 0.137.